The van der Waals surface area contributed by atoms with Gasteiger partial charge in [0.1, 0.15) is 11.6 Å². The lowest BCUT2D eigenvalue weighted by Crippen LogP contribution is -2.07. The van der Waals surface area contributed by atoms with Gasteiger partial charge < -0.3 is 10.1 Å². The summed E-state index contributed by atoms with van der Waals surface area (Å²) in [6.07, 6.45) is 3.04. The molecule has 2 rings (SSSR count). The Balaban J connectivity index is 2.11. The molecule has 0 radical (unpaired) electrons. The van der Waals surface area contributed by atoms with Crippen LogP contribution >= 0.6 is 15.9 Å². The van der Waals surface area contributed by atoms with Crippen LogP contribution < -0.4 is 10.1 Å². The van der Waals surface area contributed by atoms with E-state index in [0.29, 0.717) is 18.0 Å². The number of rotatable bonds is 5. The summed E-state index contributed by atoms with van der Waals surface area (Å²) >= 11 is 3.38. The van der Waals surface area contributed by atoms with Crippen LogP contribution in [0, 0.1) is 5.82 Å². The van der Waals surface area contributed by atoms with Gasteiger partial charge in [-0.25, -0.2) is 4.39 Å². The fourth-order valence-electron chi connectivity index (χ4n) is 1.85. The van der Waals surface area contributed by atoms with Crippen LogP contribution in [0.25, 0.3) is 6.08 Å². The Morgan fingerprint density at radius 2 is 2.14 bits per heavy atom. The first-order chi connectivity index (χ1) is 10.6. The van der Waals surface area contributed by atoms with Gasteiger partial charge in [-0.1, -0.05) is 22.0 Å². The molecule has 0 heterocycles. The van der Waals surface area contributed by atoms with Gasteiger partial charge in [-0.05, 0) is 49.4 Å². The summed E-state index contributed by atoms with van der Waals surface area (Å²) in [4.78, 5) is 11.9. The summed E-state index contributed by atoms with van der Waals surface area (Å²) in [6.45, 7) is 2.43. The maximum atomic E-state index is 13.1. The normalized spacial score (nSPS) is 10.7. The third-order valence-corrected chi connectivity index (χ3v) is 3.27. The molecule has 2 aromatic rings. The minimum Gasteiger partial charge on any atom is -0.493 e. The SMILES string of the molecule is CCOc1ccc(Br)cc1C=CC(=O)Nc1cccc(F)c1. The third-order valence-electron chi connectivity index (χ3n) is 2.78. The van der Waals surface area contributed by atoms with E-state index in [1.165, 1.54) is 24.3 Å². The van der Waals surface area contributed by atoms with E-state index in [0.717, 1.165) is 10.0 Å². The van der Waals surface area contributed by atoms with Crippen molar-refractivity contribution in [2.45, 2.75) is 6.92 Å². The van der Waals surface area contributed by atoms with Gasteiger partial charge in [0.15, 0.2) is 0 Å². The molecular weight excluding hydrogens is 349 g/mol. The van der Waals surface area contributed by atoms with Gasteiger partial charge in [0.25, 0.3) is 0 Å². The number of anilines is 1. The number of amides is 1. The zero-order chi connectivity index (χ0) is 15.9. The number of hydrogen-bond acceptors (Lipinski definition) is 2. The number of carbonyl (C=O) groups excluding carboxylic acids is 1. The fraction of sp³-hybridized carbons (Fsp3) is 0.118. The molecule has 0 aliphatic carbocycles. The molecule has 0 saturated carbocycles. The van der Waals surface area contributed by atoms with E-state index in [-0.39, 0.29) is 5.91 Å². The second kappa shape index (κ2) is 7.75. The number of carbonyl (C=O) groups is 1. The van der Waals surface area contributed by atoms with Crippen molar-refractivity contribution < 1.29 is 13.9 Å². The van der Waals surface area contributed by atoms with E-state index >= 15 is 0 Å². The van der Waals surface area contributed by atoms with E-state index in [1.807, 2.05) is 25.1 Å². The molecule has 0 saturated heterocycles. The Kier molecular flexibility index (Phi) is 5.72. The molecule has 5 heteroatoms. The van der Waals surface area contributed by atoms with Crippen LogP contribution in [0.4, 0.5) is 10.1 Å². The van der Waals surface area contributed by atoms with Crippen LogP contribution in [-0.2, 0) is 4.79 Å². The van der Waals surface area contributed by atoms with E-state index in [1.54, 1.807) is 12.1 Å². The Hall–Kier alpha value is -2.14. The highest BCUT2D eigenvalue weighted by Crippen LogP contribution is 2.24. The molecule has 0 fully saturated rings. The van der Waals surface area contributed by atoms with Crippen molar-refractivity contribution in [3.05, 3.63) is 64.4 Å². The van der Waals surface area contributed by atoms with E-state index in [9.17, 15) is 9.18 Å². The van der Waals surface area contributed by atoms with Crippen LogP contribution in [0.1, 0.15) is 12.5 Å². The first-order valence-corrected chi connectivity index (χ1v) is 7.55. The Bertz CT molecular complexity index is 701. The molecule has 0 bridgehead atoms. The predicted octanol–water partition coefficient (Wildman–Crippen LogP) is 4.64. The summed E-state index contributed by atoms with van der Waals surface area (Å²) in [5.74, 6) is -0.0408. The Morgan fingerprint density at radius 3 is 2.86 bits per heavy atom. The molecule has 1 N–H and O–H groups in total. The topological polar surface area (TPSA) is 38.3 Å². The number of benzene rings is 2. The minimum atomic E-state index is -0.396. The van der Waals surface area contributed by atoms with Gasteiger partial charge in [0.05, 0.1) is 6.61 Å². The largest absolute Gasteiger partial charge is 0.493 e. The number of halogens is 2. The highest BCUT2D eigenvalue weighted by molar-refractivity contribution is 9.10. The lowest BCUT2D eigenvalue weighted by Gasteiger charge is -2.07. The first kappa shape index (κ1) is 16.2. The lowest BCUT2D eigenvalue weighted by molar-refractivity contribution is -0.111. The zero-order valence-electron chi connectivity index (χ0n) is 12.0. The fourth-order valence-corrected chi connectivity index (χ4v) is 2.23. The molecule has 0 aliphatic rings. The van der Waals surface area contributed by atoms with Crippen LogP contribution in [0.3, 0.4) is 0 Å². The average Bonchev–Trinajstić information content (AvgIpc) is 2.48. The summed E-state index contributed by atoms with van der Waals surface area (Å²) in [5, 5.41) is 2.60. The van der Waals surface area contributed by atoms with E-state index in [4.69, 9.17) is 4.74 Å². The monoisotopic (exact) mass is 363 g/mol. The molecular formula is C17H15BrFNO2. The molecule has 1 amide bonds. The molecule has 0 atom stereocenters. The molecule has 0 unspecified atom stereocenters. The highest BCUT2D eigenvalue weighted by atomic mass is 79.9. The number of ether oxygens (including phenoxy) is 1. The molecule has 0 spiro atoms. The molecule has 3 nitrogen and oxygen atoms in total. The molecule has 0 aromatic heterocycles. The van der Waals surface area contributed by atoms with Crippen molar-refractivity contribution in [2.75, 3.05) is 11.9 Å². The maximum absolute atomic E-state index is 13.1. The van der Waals surface area contributed by atoms with Gasteiger partial charge in [-0.3, -0.25) is 4.79 Å². The number of hydrogen-bond donors (Lipinski definition) is 1. The third kappa shape index (κ3) is 4.70. The average molecular weight is 364 g/mol. The van der Waals surface area contributed by atoms with Gasteiger partial charge >= 0.3 is 0 Å². The quantitative estimate of drug-likeness (QED) is 0.785. The Labute approximate surface area is 136 Å². The summed E-state index contributed by atoms with van der Waals surface area (Å²) in [5.41, 5.74) is 1.19. The van der Waals surface area contributed by atoms with Crippen LogP contribution in [0.5, 0.6) is 5.75 Å². The van der Waals surface area contributed by atoms with Crippen LogP contribution in [-0.4, -0.2) is 12.5 Å². The van der Waals surface area contributed by atoms with Crippen LogP contribution in [0.2, 0.25) is 0 Å². The summed E-state index contributed by atoms with van der Waals surface area (Å²) in [7, 11) is 0. The molecule has 22 heavy (non-hydrogen) atoms. The summed E-state index contributed by atoms with van der Waals surface area (Å²) in [6, 6.07) is 11.3. The molecule has 0 aliphatic heterocycles. The second-order valence-corrected chi connectivity index (χ2v) is 5.36. The van der Waals surface area contributed by atoms with Gasteiger partial charge in [-0.15, -0.1) is 0 Å². The first-order valence-electron chi connectivity index (χ1n) is 6.75. The predicted molar refractivity (Wildman–Crippen MR) is 89.4 cm³/mol. The van der Waals surface area contributed by atoms with Crippen molar-refractivity contribution in [1.82, 2.24) is 0 Å². The van der Waals surface area contributed by atoms with E-state index < -0.39 is 5.82 Å². The smallest absolute Gasteiger partial charge is 0.248 e. The van der Waals surface area contributed by atoms with E-state index in [2.05, 4.69) is 21.2 Å². The van der Waals surface area contributed by atoms with Gasteiger partial charge in [0.2, 0.25) is 5.91 Å². The van der Waals surface area contributed by atoms with Crippen molar-refractivity contribution in [3.63, 3.8) is 0 Å². The maximum Gasteiger partial charge on any atom is 0.248 e. The van der Waals surface area contributed by atoms with Crippen molar-refractivity contribution in [2.24, 2.45) is 0 Å². The number of nitrogens with one attached hydrogen (secondary N) is 1. The second-order valence-electron chi connectivity index (χ2n) is 4.45. The van der Waals surface area contributed by atoms with Crippen molar-refractivity contribution in [1.29, 1.82) is 0 Å². The van der Waals surface area contributed by atoms with Crippen LogP contribution in [0.15, 0.2) is 53.0 Å². The standard InChI is InChI=1S/C17H15BrFNO2/c1-2-22-16-8-7-13(18)10-12(16)6-9-17(21)20-15-5-3-4-14(19)11-15/h3-11H,2H2,1H3,(H,20,21). The zero-order valence-corrected chi connectivity index (χ0v) is 13.6. The van der Waals surface area contributed by atoms with Gasteiger partial charge in [-0.2, -0.15) is 0 Å². The highest BCUT2D eigenvalue weighted by Gasteiger charge is 2.03. The lowest BCUT2D eigenvalue weighted by atomic mass is 10.2. The Morgan fingerprint density at radius 1 is 1.32 bits per heavy atom. The molecule has 2 aromatic carbocycles. The summed E-state index contributed by atoms with van der Waals surface area (Å²) < 4.78 is 19.5. The molecule has 114 valence electrons. The van der Waals surface area contributed by atoms with Gasteiger partial charge in [0, 0.05) is 21.8 Å². The minimum absolute atomic E-state index is 0.340. The van der Waals surface area contributed by atoms with Crippen molar-refractivity contribution >= 4 is 33.6 Å². The van der Waals surface area contributed by atoms with Crippen molar-refractivity contribution in [3.8, 4) is 5.75 Å².